The first-order valence-electron chi connectivity index (χ1n) is 6.71. The zero-order valence-corrected chi connectivity index (χ0v) is 10.9. The summed E-state index contributed by atoms with van der Waals surface area (Å²) in [7, 11) is 2.09. The predicted molar refractivity (Wildman–Crippen MR) is 66.6 cm³/mol. The highest BCUT2D eigenvalue weighted by Gasteiger charge is 2.32. The zero-order chi connectivity index (χ0) is 11.5. The highest BCUT2D eigenvalue weighted by atomic mass is 16.5. The molecule has 0 aromatic heterocycles. The molecule has 0 saturated carbocycles. The Hall–Kier alpha value is -0.120. The minimum atomic E-state index is 0.700. The van der Waals surface area contributed by atoms with Gasteiger partial charge in [0.05, 0.1) is 6.61 Å². The molecule has 2 fully saturated rings. The minimum absolute atomic E-state index is 0.700. The van der Waals surface area contributed by atoms with E-state index in [1.165, 1.54) is 25.9 Å². The zero-order valence-electron chi connectivity index (χ0n) is 10.9. The Balaban J connectivity index is 1.86. The molecule has 0 aliphatic carbocycles. The topological polar surface area (TPSA) is 24.5 Å². The van der Waals surface area contributed by atoms with Crippen molar-refractivity contribution in [2.75, 3.05) is 33.4 Å². The van der Waals surface area contributed by atoms with E-state index in [1.807, 2.05) is 0 Å². The molecule has 0 amide bonds. The normalized spacial score (nSPS) is 41.4. The lowest BCUT2D eigenvalue weighted by molar-refractivity contribution is 0.0691. The van der Waals surface area contributed by atoms with Crippen molar-refractivity contribution in [1.82, 2.24) is 10.2 Å². The van der Waals surface area contributed by atoms with Crippen LogP contribution in [0, 0.1) is 11.8 Å². The second-order valence-corrected chi connectivity index (χ2v) is 5.51. The third-order valence-electron chi connectivity index (χ3n) is 4.59. The molecule has 2 saturated heterocycles. The molecule has 16 heavy (non-hydrogen) atoms. The summed E-state index contributed by atoms with van der Waals surface area (Å²) in [5.41, 5.74) is 0. The molecular weight excluding hydrogens is 200 g/mol. The lowest BCUT2D eigenvalue weighted by atomic mass is 9.86. The molecule has 4 atom stereocenters. The molecule has 4 unspecified atom stereocenters. The van der Waals surface area contributed by atoms with Crippen LogP contribution in [0.25, 0.3) is 0 Å². The van der Waals surface area contributed by atoms with Gasteiger partial charge in [-0.15, -0.1) is 0 Å². The lowest BCUT2D eigenvalue weighted by Gasteiger charge is -2.43. The molecule has 0 aromatic rings. The monoisotopic (exact) mass is 226 g/mol. The number of hydrogen-bond acceptors (Lipinski definition) is 3. The summed E-state index contributed by atoms with van der Waals surface area (Å²) in [6, 6.07) is 1.40. The second-order valence-electron chi connectivity index (χ2n) is 5.51. The molecule has 0 radical (unpaired) electrons. The standard InChI is InChI=1S/C13H26N2O/c1-10-11(2)15(6-4-13(10)14-3)8-12-5-7-16-9-12/h10-14H,4-9H2,1-3H3. The van der Waals surface area contributed by atoms with Gasteiger partial charge in [-0.2, -0.15) is 0 Å². The van der Waals surface area contributed by atoms with Gasteiger partial charge in [0, 0.05) is 25.2 Å². The van der Waals surface area contributed by atoms with Gasteiger partial charge in [0.15, 0.2) is 0 Å². The summed E-state index contributed by atoms with van der Waals surface area (Å²) in [5, 5.41) is 3.45. The van der Waals surface area contributed by atoms with E-state index in [4.69, 9.17) is 4.74 Å². The quantitative estimate of drug-likeness (QED) is 0.786. The average molecular weight is 226 g/mol. The Kier molecular flexibility index (Phi) is 4.22. The van der Waals surface area contributed by atoms with Crippen molar-refractivity contribution in [2.24, 2.45) is 11.8 Å². The number of likely N-dealkylation sites (tertiary alicyclic amines) is 1. The molecular formula is C13H26N2O. The van der Waals surface area contributed by atoms with Crippen LogP contribution in [0.2, 0.25) is 0 Å². The summed E-state index contributed by atoms with van der Waals surface area (Å²) in [6.45, 7) is 9.19. The van der Waals surface area contributed by atoms with Gasteiger partial charge in [0.1, 0.15) is 0 Å². The molecule has 2 aliphatic rings. The summed E-state index contributed by atoms with van der Waals surface area (Å²) in [5.74, 6) is 1.53. The molecule has 2 rings (SSSR count). The summed E-state index contributed by atoms with van der Waals surface area (Å²) in [4.78, 5) is 2.66. The second kappa shape index (κ2) is 5.48. The van der Waals surface area contributed by atoms with Gasteiger partial charge < -0.3 is 10.1 Å². The van der Waals surface area contributed by atoms with E-state index < -0.39 is 0 Å². The fourth-order valence-corrected chi connectivity index (χ4v) is 3.16. The van der Waals surface area contributed by atoms with E-state index in [0.717, 1.165) is 25.0 Å². The fourth-order valence-electron chi connectivity index (χ4n) is 3.16. The van der Waals surface area contributed by atoms with E-state index in [0.29, 0.717) is 12.1 Å². The Morgan fingerprint density at radius 3 is 2.75 bits per heavy atom. The highest BCUT2D eigenvalue weighted by Crippen LogP contribution is 2.25. The lowest BCUT2D eigenvalue weighted by Crippen LogP contribution is -2.53. The van der Waals surface area contributed by atoms with Crippen LogP contribution in [0.3, 0.4) is 0 Å². The van der Waals surface area contributed by atoms with Crippen LogP contribution in [-0.2, 0) is 4.74 Å². The third kappa shape index (κ3) is 2.58. The first-order valence-corrected chi connectivity index (χ1v) is 6.71. The molecule has 3 heteroatoms. The molecule has 2 heterocycles. The number of rotatable bonds is 3. The summed E-state index contributed by atoms with van der Waals surface area (Å²) in [6.07, 6.45) is 2.54. The molecule has 94 valence electrons. The van der Waals surface area contributed by atoms with E-state index in [1.54, 1.807) is 0 Å². The van der Waals surface area contributed by atoms with Crippen LogP contribution in [0.4, 0.5) is 0 Å². The maximum absolute atomic E-state index is 5.46. The van der Waals surface area contributed by atoms with Crippen LogP contribution in [0.5, 0.6) is 0 Å². The van der Waals surface area contributed by atoms with Gasteiger partial charge in [-0.1, -0.05) is 6.92 Å². The maximum atomic E-state index is 5.46. The smallest absolute Gasteiger partial charge is 0.0507 e. The Morgan fingerprint density at radius 2 is 2.12 bits per heavy atom. The molecule has 1 N–H and O–H groups in total. The van der Waals surface area contributed by atoms with Crippen LogP contribution in [0.15, 0.2) is 0 Å². The van der Waals surface area contributed by atoms with E-state index in [-0.39, 0.29) is 0 Å². The van der Waals surface area contributed by atoms with E-state index in [2.05, 4.69) is 31.1 Å². The predicted octanol–water partition coefficient (Wildman–Crippen LogP) is 1.34. The largest absolute Gasteiger partial charge is 0.381 e. The number of ether oxygens (including phenoxy) is 1. The molecule has 2 aliphatic heterocycles. The highest BCUT2D eigenvalue weighted by molar-refractivity contribution is 4.89. The van der Waals surface area contributed by atoms with Crippen molar-refractivity contribution in [3.8, 4) is 0 Å². The van der Waals surface area contributed by atoms with Crippen molar-refractivity contribution in [3.63, 3.8) is 0 Å². The van der Waals surface area contributed by atoms with Crippen molar-refractivity contribution in [2.45, 2.75) is 38.8 Å². The summed E-state index contributed by atoms with van der Waals surface area (Å²) < 4.78 is 5.46. The fraction of sp³-hybridized carbons (Fsp3) is 1.00. The van der Waals surface area contributed by atoms with E-state index in [9.17, 15) is 0 Å². The SMILES string of the molecule is CNC1CCN(CC2CCOC2)C(C)C1C. The van der Waals surface area contributed by atoms with Crippen molar-refractivity contribution in [3.05, 3.63) is 0 Å². The minimum Gasteiger partial charge on any atom is -0.381 e. The third-order valence-corrected chi connectivity index (χ3v) is 4.59. The first kappa shape index (κ1) is 12.3. The van der Waals surface area contributed by atoms with Crippen molar-refractivity contribution < 1.29 is 4.74 Å². The Labute approximate surface area is 99.5 Å². The molecule has 0 aromatic carbocycles. The van der Waals surface area contributed by atoms with E-state index >= 15 is 0 Å². The molecule has 0 bridgehead atoms. The van der Waals surface area contributed by atoms with Gasteiger partial charge >= 0.3 is 0 Å². The Morgan fingerprint density at radius 1 is 1.31 bits per heavy atom. The van der Waals surface area contributed by atoms with Crippen LogP contribution >= 0.6 is 0 Å². The maximum Gasteiger partial charge on any atom is 0.0507 e. The van der Waals surface area contributed by atoms with Gasteiger partial charge in [-0.3, -0.25) is 4.90 Å². The van der Waals surface area contributed by atoms with Crippen LogP contribution in [0.1, 0.15) is 26.7 Å². The first-order chi connectivity index (χ1) is 7.72. The van der Waals surface area contributed by atoms with Crippen molar-refractivity contribution in [1.29, 1.82) is 0 Å². The molecule has 0 spiro atoms. The van der Waals surface area contributed by atoms with Gasteiger partial charge in [-0.25, -0.2) is 0 Å². The van der Waals surface area contributed by atoms with Crippen LogP contribution in [-0.4, -0.2) is 50.3 Å². The number of piperidine rings is 1. The van der Waals surface area contributed by atoms with Gasteiger partial charge in [-0.05, 0) is 45.2 Å². The number of hydrogen-bond donors (Lipinski definition) is 1. The number of nitrogens with zero attached hydrogens (tertiary/aromatic N) is 1. The number of nitrogens with one attached hydrogen (secondary N) is 1. The van der Waals surface area contributed by atoms with Gasteiger partial charge in [0.25, 0.3) is 0 Å². The average Bonchev–Trinajstić information content (AvgIpc) is 2.78. The summed E-state index contributed by atoms with van der Waals surface area (Å²) >= 11 is 0. The van der Waals surface area contributed by atoms with Crippen LogP contribution < -0.4 is 5.32 Å². The molecule has 3 nitrogen and oxygen atoms in total. The van der Waals surface area contributed by atoms with Gasteiger partial charge in [0.2, 0.25) is 0 Å². The van der Waals surface area contributed by atoms with Crippen molar-refractivity contribution >= 4 is 0 Å². The Bertz CT molecular complexity index is 216.